The van der Waals surface area contributed by atoms with Crippen LogP contribution >= 0.6 is 0 Å². The topological polar surface area (TPSA) is 72.1 Å². The summed E-state index contributed by atoms with van der Waals surface area (Å²) in [5.41, 5.74) is 1.39. The maximum Gasteiger partial charge on any atom is 0.272 e. The van der Waals surface area contributed by atoms with Crippen molar-refractivity contribution in [2.24, 2.45) is 0 Å². The molecule has 6 heteroatoms. The summed E-state index contributed by atoms with van der Waals surface area (Å²) in [6.07, 6.45) is 2.44. The Kier molecular flexibility index (Phi) is 3.78. The van der Waals surface area contributed by atoms with Gasteiger partial charge in [0.25, 0.3) is 5.91 Å². The van der Waals surface area contributed by atoms with Crippen LogP contribution in [0.15, 0.2) is 59.3 Å². The third-order valence-corrected chi connectivity index (χ3v) is 4.18. The first-order valence-corrected chi connectivity index (χ1v) is 7.90. The van der Waals surface area contributed by atoms with E-state index in [4.69, 9.17) is 4.52 Å². The van der Waals surface area contributed by atoms with Crippen molar-refractivity contribution in [2.75, 3.05) is 13.1 Å². The summed E-state index contributed by atoms with van der Waals surface area (Å²) in [4.78, 5) is 22.9. The van der Waals surface area contributed by atoms with E-state index in [9.17, 15) is 4.79 Å². The van der Waals surface area contributed by atoms with Crippen LogP contribution in [0.1, 0.15) is 28.7 Å². The van der Waals surface area contributed by atoms with Gasteiger partial charge in [0.1, 0.15) is 5.69 Å². The molecule has 0 bridgehead atoms. The molecule has 0 aliphatic carbocycles. The van der Waals surface area contributed by atoms with Crippen LogP contribution in [0.3, 0.4) is 0 Å². The van der Waals surface area contributed by atoms with Gasteiger partial charge in [0.05, 0.1) is 5.92 Å². The third kappa shape index (κ3) is 2.78. The van der Waals surface area contributed by atoms with Gasteiger partial charge in [-0.3, -0.25) is 9.78 Å². The number of carbonyl (C=O) groups excluding carboxylic acids is 1. The average Bonchev–Trinajstić information content (AvgIpc) is 3.32. The van der Waals surface area contributed by atoms with E-state index < -0.39 is 0 Å². The van der Waals surface area contributed by atoms with Gasteiger partial charge < -0.3 is 9.42 Å². The minimum atomic E-state index is -0.0547. The second-order valence-corrected chi connectivity index (χ2v) is 5.77. The average molecular weight is 320 g/mol. The quantitative estimate of drug-likeness (QED) is 0.742. The number of amides is 1. The van der Waals surface area contributed by atoms with E-state index in [0.717, 1.165) is 12.0 Å². The van der Waals surface area contributed by atoms with Crippen LogP contribution in [0.4, 0.5) is 0 Å². The molecule has 1 aromatic carbocycles. The fourth-order valence-corrected chi connectivity index (χ4v) is 2.90. The molecule has 3 aromatic rings. The zero-order valence-corrected chi connectivity index (χ0v) is 13.0. The van der Waals surface area contributed by atoms with Crippen LogP contribution in [0.2, 0.25) is 0 Å². The number of nitrogens with zero attached hydrogens (tertiary/aromatic N) is 4. The first-order chi connectivity index (χ1) is 11.8. The lowest BCUT2D eigenvalue weighted by Gasteiger charge is -2.14. The molecular weight excluding hydrogens is 304 g/mol. The van der Waals surface area contributed by atoms with Gasteiger partial charge in [-0.25, -0.2) is 0 Å². The predicted octanol–water partition coefficient (Wildman–Crippen LogP) is 2.76. The molecule has 24 heavy (non-hydrogen) atoms. The van der Waals surface area contributed by atoms with Crippen LogP contribution in [0.25, 0.3) is 11.4 Å². The molecule has 1 fully saturated rings. The van der Waals surface area contributed by atoms with Gasteiger partial charge in [-0.1, -0.05) is 41.6 Å². The largest absolute Gasteiger partial charge is 0.339 e. The Labute approximate surface area is 139 Å². The Morgan fingerprint density at radius 2 is 1.96 bits per heavy atom. The molecule has 1 aliphatic heterocycles. The summed E-state index contributed by atoms with van der Waals surface area (Å²) in [5, 5.41) is 4.06. The summed E-state index contributed by atoms with van der Waals surface area (Å²) >= 11 is 0. The van der Waals surface area contributed by atoms with Gasteiger partial charge in [0, 0.05) is 24.8 Å². The van der Waals surface area contributed by atoms with Gasteiger partial charge in [0.2, 0.25) is 11.7 Å². The number of rotatable bonds is 3. The summed E-state index contributed by atoms with van der Waals surface area (Å²) in [7, 11) is 0. The summed E-state index contributed by atoms with van der Waals surface area (Å²) in [5.74, 6) is 1.19. The number of pyridine rings is 1. The Morgan fingerprint density at radius 3 is 2.75 bits per heavy atom. The number of carbonyl (C=O) groups is 1. The highest BCUT2D eigenvalue weighted by atomic mass is 16.5. The van der Waals surface area contributed by atoms with Crippen LogP contribution < -0.4 is 0 Å². The second kappa shape index (κ2) is 6.23. The monoisotopic (exact) mass is 320 g/mol. The summed E-state index contributed by atoms with van der Waals surface area (Å²) < 4.78 is 5.42. The molecule has 1 saturated heterocycles. The van der Waals surface area contributed by atoms with Crippen molar-refractivity contribution >= 4 is 5.91 Å². The molecule has 3 heterocycles. The van der Waals surface area contributed by atoms with E-state index in [1.807, 2.05) is 36.4 Å². The van der Waals surface area contributed by atoms with Crippen LogP contribution in [0.5, 0.6) is 0 Å². The molecule has 0 spiro atoms. The van der Waals surface area contributed by atoms with Crippen molar-refractivity contribution in [3.63, 3.8) is 0 Å². The second-order valence-electron chi connectivity index (χ2n) is 5.77. The maximum absolute atomic E-state index is 12.4. The molecule has 0 radical (unpaired) electrons. The Balaban J connectivity index is 1.48. The van der Waals surface area contributed by atoms with E-state index in [0.29, 0.717) is 30.5 Å². The minimum Gasteiger partial charge on any atom is -0.339 e. The van der Waals surface area contributed by atoms with Crippen molar-refractivity contribution < 1.29 is 9.32 Å². The molecule has 1 amide bonds. The molecule has 0 N–H and O–H groups in total. The minimum absolute atomic E-state index is 0.0547. The van der Waals surface area contributed by atoms with E-state index in [1.165, 1.54) is 0 Å². The van der Waals surface area contributed by atoms with Crippen molar-refractivity contribution in [3.05, 3.63) is 66.3 Å². The molecule has 1 aliphatic rings. The van der Waals surface area contributed by atoms with E-state index in [1.54, 1.807) is 23.2 Å². The smallest absolute Gasteiger partial charge is 0.272 e. The van der Waals surface area contributed by atoms with E-state index >= 15 is 0 Å². The third-order valence-electron chi connectivity index (χ3n) is 4.18. The number of aromatic nitrogens is 3. The van der Waals surface area contributed by atoms with Crippen molar-refractivity contribution in [1.82, 2.24) is 20.0 Å². The maximum atomic E-state index is 12.4. The SMILES string of the molecule is O=C(c1ccccn1)N1CC[C@@H](c2nc(-c3ccccc3)no2)C1. The normalized spacial score (nSPS) is 17.2. The van der Waals surface area contributed by atoms with Crippen LogP contribution in [0, 0.1) is 0 Å². The zero-order chi connectivity index (χ0) is 16.4. The van der Waals surface area contributed by atoms with E-state index in [-0.39, 0.29) is 11.8 Å². The molecule has 6 nitrogen and oxygen atoms in total. The Morgan fingerprint density at radius 1 is 1.12 bits per heavy atom. The Hall–Kier alpha value is -3.02. The van der Waals surface area contributed by atoms with Crippen molar-refractivity contribution in [1.29, 1.82) is 0 Å². The highest BCUT2D eigenvalue weighted by molar-refractivity contribution is 5.92. The van der Waals surface area contributed by atoms with Crippen LogP contribution in [-0.2, 0) is 0 Å². The summed E-state index contributed by atoms with van der Waals surface area (Å²) in [6, 6.07) is 15.1. The molecule has 0 unspecified atom stereocenters. The lowest BCUT2D eigenvalue weighted by molar-refractivity contribution is 0.0784. The fourth-order valence-electron chi connectivity index (χ4n) is 2.90. The van der Waals surface area contributed by atoms with Gasteiger partial charge in [-0.05, 0) is 18.6 Å². The number of likely N-dealkylation sites (tertiary alicyclic amines) is 1. The molecule has 2 aromatic heterocycles. The molecular formula is C18H16N4O2. The number of hydrogen-bond acceptors (Lipinski definition) is 5. The molecule has 4 rings (SSSR count). The van der Waals surface area contributed by atoms with E-state index in [2.05, 4.69) is 15.1 Å². The predicted molar refractivity (Wildman–Crippen MR) is 87.2 cm³/mol. The fraction of sp³-hybridized carbons (Fsp3) is 0.222. The Bertz CT molecular complexity index is 832. The first kappa shape index (κ1) is 14.6. The number of benzene rings is 1. The van der Waals surface area contributed by atoms with Crippen molar-refractivity contribution in [2.45, 2.75) is 12.3 Å². The van der Waals surface area contributed by atoms with Gasteiger partial charge in [-0.2, -0.15) is 4.98 Å². The highest BCUT2D eigenvalue weighted by Crippen LogP contribution is 2.28. The molecule has 120 valence electrons. The number of hydrogen-bond donors (Lipinski definition) is 0. The lowest BCUT2D eigenvalue weighted by Crippen LogP contribution is -2.29. The van der Waals surface area contributed by atoms with Crippen molar-refractivity contribution in [3.8, 4) is 11.4 Å². The zero-order valence-electron chi connectivity index (χ0n) is 13.0. The van der Waals surface area contributed by atoms with Crippen LogP contribution in [-0.4, -0.2) is 39.0 Å². The molecule has 0 saturated carbocycles. The molecule has 1 atom stereocenters. The van der Waals surface area contributed by atoms with Gasteiger partial charge >= 0.3 is 0 Å². The first-order valence-electron chi connectivity index (χ1n) is 7.90. The highest BCUT2D eigenvalue weighted by Gasteiger charge is 2.32. The van der Waals surface area contributed by atoms with Gasteiger partial charge in [-0.15, -0.1) is 0 Å². The van der Waals surface area contributed by atoms with Gasteiger partial charge in [0.15, 0.2) is 0 Å². The lowest BCUT2D eigenvalue weighted by atomic mass is 10.1. The standard InChI is InChI=1S/C18H16N4O2/c23-18(15-8-4-5-10-19-15)22-11-9-14(12-22)17-20-16(21-24-17)13-6-2-1-3-7-13/h1-8,10,14H,9,11-12H2/t14-/m1/s1. The summed E-state index contributed by atoms with van der Waals surface area (Å²) in [6.45, 7) is 1.24.